The van der Waals surface area contributed by atoms with Crippen LogP contribution in [0.5, 0.6) is 0 Å². The Morgan fingerprint density at radius 3 is 2.30 bits per heavy atom. The fourth-order valence-corrected chi connectivity index (χ4v) is 2.93. The van der Waals surface area contributed by atoms with Crippen molar-refractivity contribution in [1.82, 2.24) is 15.0 Å². The Hall–Kier alpha value is -1.24. The molecular weight excluding hydrogens is 363 g/mol. The molecule has 0 saturated carbocycles. The van der Waals surface area contributed by atoms with E-state index in [2.05, 4.69) is 44.8 Å². The van der Waals surface area contributed by atoms with E-state index in [1.807, 2.05) is 33.0 Å². The quantitative estimate of drug-likeness (QED) is 0.819. The molecule has 0 amide bonds. The lowest BCUT2D eigenvalue weighted by atomic mass is 10.1. The van der Waals surface area contributed by atoms with E-state index in [1.165, 1.54) is 0 Å². The minimum Gasteiger partial charge on any atom is -0.372 e. The third-order valence-corrected chi connectivity index (χ3v) is 4.12. The minimum atomic E-state index is 0.770. The summed E-state index contributed by atoms with van der Waals surface area (Å²) in [6.45, 7) is 6.15. The first-order valence-corrected chi connectivity index (χ1v) is 7.82. The van der Waals surface area contributed by atoms with Crippen molar-refractivity contribution in [3.05, 3.63) is 32.8 Å². The highest BCUT2D eigenvalue weighted by atomic mass is 127. The summed E-state index contributed by atoms with van der Waals surface area (Å²) in [7, 11) is 1.90. The van der Waals surface area contributed by atoms with Crippen LogP contribution in [0, 0.1) is 17.4 Å². The Balaban J connectivity index is 2.58. The van der Waals surface area contributed by atoms with E-state index in [4.69, 9.17) is 4.98 Å². The molecule has 0 unspecified atom stereocenters. The van der Waals surface area contributed by atoms with Gasteiger partial charge in [-0.25, -0.2) is 9.97 Å². The number of aryl methyl sites for hydroxylation is 3. The van der Waals surface area contributed by atoms with E-state index in [9.17, 15) is 0 Å². The molecule has 106 valence electrons. The molecule has 2 rings (SSSR count). The zero-order valence-electron chi connectivity index (χ0n) is 12.3. The van der Waals surface area contributed by atoms with Crippen molar-refractivity contribution in [3.63, 3.8) is 0 Å². The molecule has 0 atom stereocenters. The van der Waals surface area contributed by atoms with Crippen LogP contribution in [0.4, 0.5) is 5.82 Å². The molecule has 0 saturated heterocycles. The van der Waals surface area contributed by atoms with Crippen molar-refractivity contribution in [2.24, 2.45) is 0 Å². The van der Waals surface area contributed by atoms with Gasteiger partial charge in [-0.15, -0.1) is 0 Å². The van der Waals surface area contributed by atoms with Crippen LogP contribution in [0.2, 0.25) is 0 Å². The Labute approximate surface area is 133 Å². The number of aromatic nitrogens is 3. The van der Waals surface area contributed by atoms with Gasteiger partial charge in [0.25, 0.3) is 0 Å². The van der Waals surface area contributed by atoms with Gasteiger partial charge in [-0.3, -0.25) is 4.98 Å². The Bertz CT molecular complexity index is 605. The molecule has 0 spiro atoms. The number of anilines is 1. The second-order valence-corrected chi connectivity index (χ2v) is 5.87. The summed E-state index contributed by atoms with van der Waals surface area (Å²) < 4.78 is 1.11. The molecular formula is C15H19IN4. The molecule has 0 aliphatic carbocycles. The van der Waals surface area contributed by atoms with Crippen LogP contribution in [0.15, 0.2) is 12.1 Å². The van der Waals surface area contributed by atoms with Gasteiger partial charge in [-0.2, -0.15) is 0 Å². The van der Waals surface area contributed by atoms with Gasteiger partial charge >= 0.3 is 0 Å². The second kappa shape index (κ2) is 6.47. The van der Waals surface area contributed by atoms with E-state index in [0.29, 0.717) is 0 Å². The lowest BCUT2D eigenvalue weighted by molar-refractivity contribution is 0.867. The summed E-state index contributed by atoms with van der Waals surface area (Å²) >= 11 is 2.31. The SMILES string of the molecule is CCCc1nc(-c2cc(C)nc(C)c2)nc(NC)c1I. The summed E-state index contributed by atoms with van der Waals surface area (Å²) in [5.41, 5.74) is 4.12. The van der Waals surface area contributed by atoms with Crippen LogP contribution in [0.3, 0.4) is 0 Å². The molecule has 0 fully saturated rings. The van der Waals surface area contributed by atoms with Crippen LogP contribution < -0.4 is 5.32 Å². The van der Waals surface area contributed by atoms with E-state index < -0.39 is 0 Å². The van der Waals surface area contributed by atoms with Gasteiger partial charge < -0.3 is 5.32 Å². The molecule has 0 aliphatic rings. The van der Waals surface area contributed by atoms with Crippen molar-refractivity contribution in [1.29, 1.82) is 0 Å². The first kappa shape index (κ1) is 15.2. The first-order valence-electron chi connectivity index (χ1n) is 6.75. The second-order valence-electron chi connectivity index (χ2n) is 4.80. The minimum absolute atomic E-state index is 0.770. The van der Waals surface area contributed by atoms with Crippen LogP contribution in [-0.2, 0) is 6.42 Å². The maximum absolute atomic E-state index is 4.74. The monoisotopic (exact) mass is 382 g/mol. The molecule has 0 radical (unpaired) electrons. The average Bonchev–Trinajstić information content (AvgIpc) is 2.40. The van der Waals surface area contributed by atoms with E-state index in [0.717, 1.165) is 50.7 Å². The van der Waals surface area contributed by atoms with Crippen molar-refractivity contribution in [2.75, 3.05) is 12.4 Å². The summed E-state index contributed by atoms with van der Waals surface area (Å²) in [5, 5.41) is 3.16. The van der Waals surface area contributed by atoms with Crippen LogP contribution >= 0.6 is 22.6 Å². The molecule has 0 aliphatic heterocycles. The van der Waals surface area contributed by atoms with Gasteiger partial charge in [0, 0.05) is 24.0 Å². The van der Waals surface area contributed by atoms with Gasteiger partial charge in [-0.1, -0.05) is 13.3 Å². The highest BCUT2D eigenvalue weighted by Gasteiger charge is 2.12. The molecule has 2 aromatic heterocycles. The summed E-state index contributed by atoms with van der Waals surface area (Å²) in [6, 6.07) is 4.06. The number of pyridine rings is 1. The Kier molecular flexibility index (Phi) is 4.91. The Morgan fingerprint density at radius 2 is 1.75 bits per heavy atom. The highest BCUT2D eigenvalue weighted by molar-refractivity contribution is 14.1. The van der Waals surface area contributed by atoms with Crippen molar-refractivity contribution >= 4 is 28.4 Å². The molecule has 0 bridgehead atoms. The van der Waals surface area contributed by atoms with Crippen LogP contribution in [0.25, 0.3) is 11.4 Å². The number of hydrogen-bond donors (Lipinski definition) is 1. The Morgan fingerprint density at radius 1 is 1.10 bits per heavy atom. The lowest BCUT2D eigenvalue weighted by Gasteiger charge is -2.11. The predicted molar refractivity (Wildman–Crippen MR) is 91.0 cm³/mol. The smallest absolute Gasteiger partial charge is 0.161 e. The standard InChI is InChI=1S/C15H19IN4/c1-5-6-12-13(16)15(17-4)20-14(19-12)11-7-9(2)18-10(3)8-11/h7-8H,5-6H2,1-4H3,(H,17,19,20). The average molecular weight is 382 g/mol. The lowest BCUT2D eigenvalue weighted by Crippen LogP contribution is -2.05. The number of nitrogens with one attached hydrogen (secondary N) is 1. The number of hydrogen-bond acceptors (Lipinski definition) is 4. The maximum Gasteiger partial charge on any atom is 0.161 e. The van der Waals surface area contributed by atoms with Gasteiger partial charge in [0.2, 0.25) is 0 Å². The fourth-order valence-electron chi connectivity index (χ4n) is 2.15. The highest BCUT2D eigenvalue weighted by Crippen LogP contribution is 2.25. The van der Waals surface area contributed by atoms with Gasteiger partial charge in [0.05, 0.1) is 9.26 Å². The predicted octanol–water partition coefficient (Wildman–Crippen LogP) is 3.75. The fraction of sp³-hybridized carbons (Fsp3) is 0.400. The normalized spacial score (nSPS) is 10.7. The largest absolute Gasteiger partial charge is 0.372 e. The molecule has 2 heterocycles. The van der Waals surface area contributed by atoms with E-state index >= 15 is 0 Å². The zero-order valence-corrected chi connectivity index (χ0v) is 14.4. The van der Waals surface area contributed by atoms with Crippen molar-refractivity contribution in [2.45, 2.75) is 33.6 Å². The van der Waals surface area contributed by atoms with Crippen LogP contribution in [-0.4, -0.2) is 22.0 Å². The molecule has 2 aromatic rings. The summed E-state index contributed by atoms with van der Waals surface area (Å²) in [6.07, 6.45) is 2.04. The third-order valence-electron chi connectivity index (χ3n) is 2.98. The topological polar surface area (TPSA) is 50.7 Å². The molecule has 20 heavy (non-hydrogen) atoms. The van der Waals surface area contributed by atoms with E-state index in [1.54, 1.807) is 0 Å². The van der Waals surface area contributed by atoms with Crippen molar-refractivity contribution < 1.29 is 0 Å². The number of halogens is 1. The van der Waals surface area contributed by atoms with Crippen LogP contribution in [0.1, 0.15) is 30.4 Å². The third kappa shape index (κ3) is 3.26. The van der Waals surface area contributed by atoms with Gasteiger partial charge in [0.1, 0.15) is 5.82 Å². The number of rotatable bonds is 4. The molecule has 5 heteroatoms. The van der Waals surface area contributed by atoms with Gasteiger partial charge in [0.15, 0.2) is 5.82 Å². The first-order chi connectivity index (χ1) is 9.55. The number of nitrogens with zero attached hydrogens (tertiary/aromatic N) is 3. The molecule has 0 aromatic carbocycles. The molecule has 4 nitrogen and oxygen atoms in total. The zero-order chi connectivity index (χ0) is 14.7. The summed E-state index contributed by atoms with van der Waals surface area (Å²) in [4.78, 5) is 13.8. The summed E-state index contributed by atoms with van der Waals surface area (Å²) in [5.74, 6) is 1.66. The van der Waals surface area contributed by atoms with E-state index in [-0.39, 0.29) is 0 Å². The maximum atomic E-state index is 4.74. The van der Waals surface area contributed by atoms with Crippen molar-refractivity contribution in [3.8, 4) is 11.4 Å². The molecule has 1 N–H and O–H groups in total. The van der Waals surface area contributed by atoms with Gasteiger partial charge in [-0.05, 0) is 55.0 Å².